The van der Waals surface area contributed by atoms with E-state index in [9.17, 15) is 10.2 Å². The monoisotopic (exact) mass is 286 g/mol. The van der Waals surface area contributed by atoms with Gasteiger partial charge in [-0.3, -0.25) is 9.80 Å². The second-order valence-corrected chi connectivity index (χ2v) is 8.26. The number of aliphatic hydroxyl groups is 2. The highest BCUT2D eigenvalue weighted by molar-refractivity contribution is 4.96. The van der Waals surface area contributed by atoms with Crippen LogP contribution in [0.3, 0.4) is 0 Å². The van der Waals surface area contributed by atoms with Gasteiger partial charge in [0.25, 0.3) is 0 Å². The fourth-order valence-electron chi connectivity index (χ4n) is 2.95. The van der Waals surface area contributed by atoms with Crippen LogP contribution in [0.5, 0.6) is 0 Å². The molecule has 0 aromatic rings. The van der Waals surface area contributed by atoms with E-state index in [2.05, 4.69) is 65.2 Å². The van der Waals surface area contributed by atoms with Crippen LogP contribution in [0.2, 0.25) is 0 Å². The highest BCUT2D eigenvalue weighted by Gasteiger charge is 2.40. The third-order valence-corrected chi connectivity index (χ3v) is 4.59. The predicted octanol–water partition coefficient (Wildman–Crippen LogP) is 1.70. The quantitative estimate of drug-likeness (QED) is 0.711. The van der Waals surface area contributed by atoms with E-state index >= 15 is 0 Å². The molecule has 20 heavy (non-hydrogen) atoms. The van der Waals surface area contributed by atoms with Gasteiger partial charge in [-0.05, 0) is 55.4 Å². The second-order valence-electron chi connectivity index (χ2n) is 8.26. The Labute approximate surface area is 124 Å². The van der Waals surface area contributed by atoms with Crippen LogP contribution in [0.1, 0.15) is 55.4 Å². The third-order valence-electron chi connectivity index (χ3n) is 4.59. The predicted molar refractivity (Wildman–Crippen MR) is 83.9 cm³/mol. The van der Waals surface area contributed by atoms with Gasteiger partial charge in [0.1, 0.15) is 0 Å². The van der Waals surface area contributed by atoms with Gasteiger partial charge in [0.05, 0.1) is 12.2 Å². The van der Waals surface area contributed by atoms with Crippen molar-refractivity contribution >= 4 is 0 Å². The number of rotatable bonds is 0. The molecule has 0 amide bonds. The Morgan fingerprint density at radius 1 is 0.700 bits per heavy atom. The van der Waals surface area contributed by atoms with Gasteiger partial charge in [0, 0.05) is 36.3 Å². The van der Waals surface area contributed by atoms with Crippen LogP contribution in [0, 0.1) is 0 Å². The average molecular weight is 286 g/mol. The lowest BCUT2D eigenvalue weighted by Crippen LogP contribution is -2.64. The summed E-state index contributed by atoms with van der Waals surface area (Å²) in [7, 11) is 0. The van der Waals surface area contributed by atoms with E-state index in [1.165, 1.54) is 0 Å². The third kappa shape index (κ3) is 3.94. The van der Waals surface area contributed by atoms with Crippen molar-refractivity contribution in [1.29, 1.82) is 0 Å². The minimum atomic E-state index is -0.0979. The fraction of sp³-hybridized carbons (Fsp3) is 1.00. The molecule has 4 heteroatoms. The van der Waals surface area contributed by atoms with E-state index in [1.54, 1.807) is 0 Å². The lowest BCUT2D eigenvalue weighted by Gasteiger charge is -2.51. The molecule has 2 aliphatic heterocycles. The Balaban J connectivity index is 0.000000200. The van der Waals surface area contributed by atoms with E-state index < -0.39 is 0 Å². The molecule has 2 aliphatic rings. The van der Waals surface area contributed by atoms with Gasteiger partial charge in [0.2, 0.25) is 0 Å². The second kappa shape index (κ2) is 5.91. The summed E-state index contributed by atoms with van der Waals surface area (Å²) in [5.74, 6) is 0. The summed E-state index contributed by atoms with van der Waals surface area (Å²) in [6.45, 7) is 18.9. The van der Waals surface area contributed by atoms with Crippen LogP contribution in [0.25, 0.3) is 0 Å². The Morgan fingerprint density at radius 3 is 1.00 bits per heavy atom. The van der Waals surface area contributed by atoms with Crippen molar-refractivity contribution in [3.8, 4) is 0 Å². The van der Waals surface area contributed by atoms with Crippen LogP contribution in [-0.4, -0.2) is 68.5 Å². The average Bonchev–Trinajstić information content (AvgIpc) is 2.29. The molecule has 120 valence electrons. The summed E-state index contributed by atoms with van der Waals surface area (Å²) in [4.78, 5) is 4.61. The molecule has 4 atom stereocenters. The summed E-state index contributed by atoms with van der Waals surface area (Å²) < 4.78 is 0. The van der Waals surface area contributed by atoms with E-state index in [-0.39, 0.29) is 23.3 Å². The largest absolute Gasteiger partial charge is 0.390 e. The van der Waals surface area contributed by atoms with E-state index in [4.69, 9.17) is 0 Å². The molecule has 2 rings (SSSR count). The van der Waals surface area contributed by atoms with Crippen LogP contribution in [-0.2, 0) is 0 Å². The molecular formula is C16H34N2O2. The first-order valence-corrected chi connectivity index (χ1v) is 7.75. The first-order chi connectivity index (χ1) is 8.85. The van der Waals surface area contributed by atoms with Gasteiger partial charge in [-0.15, -0.1) is 0 Å². The van der Waals surface area contributed by atoms with E-state index in [1.807, 2.05) is 0 Å². The van der Waals surface area contributed by atoms with E-state index in [0.29, 0.717) is 12.1 Å². The van der Waals surface area contributed by atoms with Crippen molar-refractivity contribution < 1.29 is 10.2 Å². The van der Waals surface area contributed by atoms with Crippen LogP contribution in [0.4, 0.5) is 0 Å². The molecule has 2 fully saturated rings. The van der Waals surface area contributed by atoms with Crippen molar-refractivity contribution in [2.45, 2.75) is 90.8 Å². The fourth-order valence-corrected chi connectivity index (χ4v) is 2.95. The summed E-state index contributed by atoms with van der Waals surface area (Å²) in [5.41, 5.74) is 0.442. The SMILES string of the molecule is CC1C(O)CN1C(C)(C)C.CC1C(O)CN1C(C)(C)C. The van der Waals surface area contributed by atoms with Crippen LogP contribution < -0.4 is 0 Å². The maximum atomic E-state index is 9.21. The standard InChI is InChI=1S/2C8H17NO/c2*1-6-7(10)5-9(6)8(2,3)4/h2*6-7,10H,5H2,1-4H3. The zero-order valence-electron chi connectivity index (χ0n) is 14.5. The maximum absolute atomic E-state index is 9.21. The first kappa shape index (κ1) is 17.9. The van der Waals surface area contributed by atoms with Crippen molar-refractivity contribution in [2.75, 3.05) is 13.1 Å². The molecule has 4 nitrogen and oxygen atoms in total. The van der Waals surface area contributed by atoms with Gasteiger partial charge in [-0.1, -0.05) is 0 Å². The number of hydrogen-bond donors (Lipinski definition) is 2. The minimum Gasteiger partial charge on any atom is -0.390 e. The number of β-amino-alcohol motifs (C(OH)–C–C–N with tert-alkyl or cyclic N) is 2. The van der Waals surface area contributed by atoms with Crippen LogP contribution in [0.15, 0.2) is 0 Å². The zero-order valence-corrected chi connectivity index (χ0v) is 14.5. The van der Waals surface area contributed by atoms with Crippen molar-refractivity contribution in [1.82, 2.24) is 9.80 Å². The van der Waals surface area contributed by atoms with Gasteiger partial charge in [-0.25, -0.2) is 0 Å². The van der Waals surface area contributed by atoms with Crippen molar-refractivity contribution in [3.05, 3.63) is 0 Å². The molecule has 0 aromatic heterocycles. The summed E-state index contributed by atoms with van der Waals surface area (Å²) in [5, 5.41) is 18.4. The molecular weight excluding hydrogens is 252 g/mol. The molecule has 0 saturated carbocycles. The number of aliphatic hydroxyl groups excluding tert-OH is 2. The molecule has 0 spiro atoms. The lowest BCUT2D eigenvalue weighted by molar-refractivity contribution is -0.0984. The van der Waals surface area contributed by atoms with Gasteiger partial charge in [0.15, 0.2) is 0 Å². The normalized spacial score (nSPS) is 35.7. The van der Waals surface area contributed by atoms with Crippen LogP contribution >= 0.6 is 0 Å². The minimum absolute atomic E-state index is 0.0979. The molecule has 0 bridgehead atoms. The molecule has 0 aliphatic carbocycles. The Bertz CT molecular complexity index is 287. The van der Waals surface area contributed by atoms with Crippen molar-refractivity contribution in [2.24, 2.45) is 0 Å². The summed E-state index contributed by atoms with van der Waals surface area (Å²) in [6.07, 6.45) is -0.196. The lowest BCUT2D eigenvalue weighted by atomic mass is 9.92. The van der Waals surface area contributed by atoms with Crippen molar-refractivity contribution in [3.63, 3.8) is 0 Å². The number of likely N-dealkylation sites (tertiary alicyclic amines) is 2. The topological polar surface area (TPSA) is 46.9 Å². The van der Waals surface area contributed by atoms with Gasteiger partial charge < -0.3 is 10.2 Å². The number of hydrogen-bond acceptors (Lipinski definition) is 4. The summed E-state index contributed by atoms with van der Waals surface area (Å²) >= 11 is 0. The molecule has 0 radical (unpaired) electrons. The Hall–Kier alpha value is -0.160. The Morgan fingerprint density at radius 2 is 0.950 bits per heavy atom. The smallest absolute Gasteiger partial charge is 0.0819 e. The Kier molecular flexibility index (Phi) is 5.29. The van der Waals surface area contributed by atoms with Gasteiger partial charge in [-0.2, -0.15) is 0 Å². The van der Waals surface area contributed by atoms with Gasteiger partial charge >= 0.3 is 0 Å². The highest BCUT2D eigenvalue weighted by Crippen LogP contribution is 2.27. The van der Waals surface area contributed by atoms with E-state index in [0.717, 1.165) is 13.1 Å². The first-order valence-electron chi connectivity index (χ1n) is 7.75. The number of nitrogens with zero attached hydrogens (tertiary/aromatic N) is 2. The molecule has 4 unspecified atom stereocenters. The molecule has 0 aromatic carbocycles. The molecule has 2 saturated heterocycles. The highest BCUT2D eigenvalue weighted by atomic mass is 16.3. The maximum Gasteiger partial charge on any atom is 0.0819 e. The molecule has 2 heterocycles. The zero-order chi connectivity index (χ0) is 15.9. The molecule has 2 N–H and O–H groups in total. The summed E-state index contributed by atoms with van der Waals surface area (Å²) in [6, 6.07) is 0.694.